The van der Waals surface area contributed by atoms with Crippen molar-refractivity contribution >= 4 is 17.7 Å². The molecule has 2 N–H and O–H groups in total. The summed E-state index contributed by atoms with van der Waals surface area (Å²) in [5.74, 6) is 0.108. The standard InChI is InChI=1S/C23H35N3O3/c1-17(2)16-20(25-22(28)19-11-7-6-10-18(19)3)23(29)24-13-9-15-26-14-8-4-5-12-21(26)27/h6-7,10-11,17,20H,4-5,8-9,12-16H2,1-3H3,(H,24,29)(H,25,28). The largest absolute Gasteiger partial charge is 0.354 e. The second-order valence-corrected chi connectivity index (χ2v) is 8.31. The molecule has 0 spiro atoms. The van der Waals surface area contributed by atoms with Gasteiger partial charge in [0.25, 0.3) is 5.91 Å². The Morgan fingerprint density at radius 2 is 1.90 bits per heavy atom. The normalized spacial score (nSPS) is 15.7. The Bertz CT molecular complexity index is 702. The molecular weight excluding hydrogens is 366 g/mol. The Morgan fingerprint density at radius 3 is 2.62 bits per heavy atom. The van der Waals surface area contributed by atoms with Crippen molar-refractivity contribution in [3.63, 3.8) is 0 Å². The molecule has 160 valence electrons. The fourth-order valence-corrected chi connectivity index (χ4v) is 3.65. The molecule has 0 radical (unpaired) electrons. The van der Waals surface area contributed by atoms with Crippen molar-refractivity contribution in [2.24, 2.45) is 5.92 Å². The highest BCUT2D eigenvalue weighted by molar-refractivity contribution is 5.98. The van der Waals surface area contributed by atoms with Gasteiger partial charge in [0.05, 0.1) is 0 Å². The molecule has 1 heterocycles. The van der Waals surface area contributed by atoms with Crippen LogP contribution in [0.2, 0.25) is 0 Å². The molecule has 0 saturated carbocycles. The summed E-state index contributed by atoms with van der Waals surface area (Å²) in [6.45, 7) is 7.93. The number of rotatable bonds is 9. The fraction of sp³-hybridized carbons (Fsp3) is 0.609. The molecule has 1 aliphatic rings. The van der Waals surface area contributed by atoms with Crippen LogP contribution in [0.3, 0.4) is 0 Å². The van der Waals surface area contributed by atoms with Crippen molar-refractivity contribution in [1.29, 1.82) is 0 Å². The molecule has 2 rings (SSSR count). The Hall–Kier alpha value is -2.37. The van der Waals surface area contributed by atoms with Gasteiger partial charge in [-0.3, -0.25) is 14.4 Å². The van der Waals surface area contributed by atoms with Crippen LogP contribution in [-0.4, -0.2) is 48.3 Å². The summed E-state index contributed by atoms with van der Waals surface area (Å²) in [6, 6.07) is 6.80. The predicted molar refractivity (Wildman–Crippen MR) is 115 cm³/mol. The van der Waals surface area contributed by atoms with E-state index in [0.29, 0.717) is 31.5 Å². The van der Waals surface area contributed by atoms with Crippen molar-refractivity contribution in [3.05, 3.63) is 35.4 Å². The quantitative estimate of drug-likeness (QED) is 0.624. The van der Waals surface area contributed by atoms with Gasteiger partial charge in [-0.2, -0.15) is 0 Å². The van der Waals surface area contributed by atoms with Crippen LogP contribution >= 0.6 is 0 Å². The van der Waals surface area contributed by atoms with Crippen molar-refractivity contribution in [1.82, 2.24) is 15.5 Å². The number of amides is 3. The molecule has 29 heavy (non-hydrogen) atoms. The van der Waals surface area contributed by atoms with E-state index in [1.54, 1.807) is 6.07 Å². The molecule has 1 saturated heterocycles. The summed E-state index contributed by atoms with van der Waals surface area (Å²) in [5, 5.41) is 5.83. The van der Waals surface area contributed by atoms with E-state index in [4.69, 9.17) is 0 Å². The van der Waals surface area contributed by atoms with Gasteiger partial charge < -0.3 is 15.5 Å². The third kappa shape index (κ3) is 7.52. The molecule has 0 aliphatic carbocycles. The van der Waals surface area contributed by atoms with Gasteiger partial charge >= 0.3 is 0 Å². The number of carbonyl (C=O) groups is 3. The van der Waals surface area contributed by atoms with Crippen LogP contribution in [0.5, 0.6) is 0 Å². The molecule has 1 atom stereocenters. The molecule has 1 aromatic rings. The minimum atomic E-state index is -0.568. The lowest BCUT2D eigenvalue weighted by atomic mass is 10.0. The number of likely N-dealkylation sites (tertiary alicyclic amines) is 1. The first-order valence-corrected chi connectivity index (χ1v) is 10.8. The molecule has 6 heteroatoms. The van der Waals surface area contributed by atoms with E-state index in [0.717, 1.165) is 37.8 Å². The molecule has 1 aliphatic heterocycles. The Labute approximate surface area is 174 Å². The van der Waals surface area contributed by atoms with Crippen molar-refractivity contribution in [2.45, 2.75) is 65.3 Å². The van der Waals surface area contributed by atoms with Gasteiger partial charge in [0.1, 0.15) is 6.04 Å². The minimum absolute atomic E-state index is 0.164. The maximum Gasteiger partial charge on any atom is 0.252 e. The van der Waals surface area contributed by atoms with Crippen LogP contribution in [0.4, 0.5) is 0 Å². The lowest BCUT2D eigenvalue weighted by Crippen LogP contribution is -2.48. The fourth-order valence-electron chi connectivity index (χ4n) is 3.65. The summed E-state index contributed by atoms with van der Waals surface area (Å²) < 4.78 is 0. The van der Waals surface area contributed by atoms with Gasteiger partial charge in [0.2, 0.25) is 11.8 Å². The van der Waals surface area contributed by atoms with E-state index in [-0.39, 0.29) is 23.6 Å². The van der Waals surface area contributed by atoms with Gasteiger partial charge in [-0.1, -0.05) is 38.5 Å². The van der Waals surface area contributed by atoms with Crippen LogP contribution in [-0.2, 0) is 9.59 Å². The van der Waals surface area contributed by atoms with Crippen LogP contribution in [0, 0.1) is 12.8 Å². The summed E-state index contributed by atoms with van der Waals surface area (Å²) in [6.07, 6.45) is 5.07. The highest BCUT2D eigenvalue weighted by Crippen LogP contribution is 2.12. The number of hydrogen-bond donors (Lipinski definition) is 2. The smallest absolute Gasteiger partial charge is 0.252 e. The Balaban J connectivity index is 1.85. The Kier molecular flexibility index (Phi) is 9.16. The van der Waals surface area contributed by atoms with E-state index >= 15 is 0 Å². The Morgan fingerprint density at radius 1 is 1.14 bits per heavy atom. The highest BCUT2D eigenvalue weighted by Gasteiger charge is 2.23. The van der Waals surface area contributed by atoms with Crippen LogP contribution in [0.1, 0.15) is 68.3 Å². The molecule has 0 bridgehead atoms. The lowest BCUT2D eigenvalue weighted by Gasteiger charge is -2.22. The van der Waals surface area contributed by atoms with Gasteiger partial charge in [-0.25, -0.2) is 0 Å². The predicted octanol–water partition coefficient (Wildman–Crippen LogP) is 3.05. The molecular formula is C23H35N3O3. The zero-order valence-electron chi connectivity index (χ0n) is 18.0. The first-order chi connectivity index (χ1) is 13.9. The zero-order valence-corrected chi connectivity index (χ0v) is 18.0. The average Bonchev–Trinajstić information content (AvgIpc) is 2.88. The van der Waals surface area contributed by atoms with E-state index in [2.05, 4.69) is 10.6 Å². The second kappa shape index (κ2) is 11.6. The van der Waals surface area contributed by atoms with E-state index in [1.807, 2.05) is 43.9 Å². The molecule has 3 amide bonds. The maximum atomic E-state index is 12.7. The molecule has 0 aromatic heterocycles. The monoisotopic (exact) mass is 401 g/mol. The number of carbonyl (C=O) groups excluding carboxylic acids is 3. The van der Waals surface area contributed by atoms with Crippen molar-refractivity contribution in [3.8, 4) is 0 Å². The third-order valence-electron chi connectivity index (χ3n) is 5.29. The number of hydrogen-bond acceptors (Lipinski definition) is 3. The number of nitrogens with zero attached hydrogens (tertiary/aromatic N) is 1. The first-order valence-electron chi connectivity index (χ1n) is 10.8. The van der Waals surface area contributed by atoms with Gasteiger partial charge in [0.15, 0.2) is 0 Å². The van der Waals surface area contributed by atoms with E-state index in [9.17, 15) is 14.4 Å². The molecule has 1 fully saturated rings. The van der Waals surface area contributed by atoms with E-state index < -0.39 is 6.04 Å². The van der Waals surface area contributed by atoms with Crippen LogP contribution < -0.4 is 10.6 Å². The van der Waals surface area contributed by atoms with Crippen molar-refractivity contribution in [2.75, 3.05) is 19.6 Å². The summed E-state index contributed by atoms with van der Waals surface area (Å²) >= 11 is 0. The highest BCUT2D eigenvalue weighted by atomic mass is 16.2. The minimum Gasteiger partial charge on any atom is -0.354 e. The van der Waals surface area contributed by atoms with Crippen LogP contribution in [0.15, 0.2) is 24.3 Å². The van der Waals surface area contributed by atoms with Crippen LogP contribution in [0.25, 0.3) is 0 Å². The molecule has 1 unspecified atom stereocenters. The third-order valence-corrected chi connectivity index (χ3v) is 5.29. The first kappa shape index (κ1) is 22.9. The zero-order chi connectivity index (χ0) is 21.2. The number of nitrogens with one attached hydrogen (secondary N) is 2. The number of aryl methyl sites for hydroxylation is 1. The second-order valence-electron chi connectivity index (χ2n) is 8.31. The van der Waals surface area contributed by atoms with Gasteiger partial charge in [-0.15, -0.1) is 0 Å². The van der Waals surface area contributed by atoms with Gasteiger partial charge in [0, 0.05) is 31.6 Å². The maximum absolute atomic E-state index is 12.7. The number of benzene rings is 1. The van der Waals surface area contributed by atoms with Crippen molar-refractivity contribution < 1.29 is 14.4 Å². The van der Waals surface area contributed by atoms with Gasteiger partial charge in [-0.05, 0) is 50.2 Å². The SMILES string of the molecule is Cc1ccccc1C(=O)NC(CC(C)C)C(=O)NCCCN1CCCCCC1=O. The summed E-state index contributed by atoms with van der Waals surface area (Å²) in [7, 11) is 0. The topological polar surface area (TPSA) is 78.5 Å². The lowest BCUT2D eigenvalue weighted by molar-refractivity contribution is -0.130. The summed E-state index contributed by atoms with van der Waals surface area (Å²) in [5.41, 5.74) is 1.48. The van der Waals surface area contributed by atoms with E-state index in [1.165, 1.54) is 0 Å². The molecule has 6 nitrogen and oxygen atoms in total. The average molecular weight is 402 g/mol. The molecule has 1 aromatic carbocycles. The summed E-state index contributed by atoms with van der Waals surface area (Å²) in [4.78, 5) is 39.3.